The van der Waals surface area contributed by atoms with Crippen molar-refractivity contribution >= 4 is 29.2 Å². The van der Waals surface area contributed by atoms with E-state index in [4.69, 9.17) is 21.1 Å². The van der Waals surface area contributed by atoms with Crippen LogP contribution in [0.5, 0.6) is 5.75 Å². The molecule has 0 bridgehead atoms. The van der Waals surface area contributed by atoms with Gasteiger partial charge in [-0.3, -0.25) is 4.79 Å². The van der Waals surface area contributed by atoms with Gasteiger partial charge in [-0.25, -0.2) is 9.18 Å². The Kier molecular flexibility index (Phi) is 6.36. The van der Waals surface area contributed by atoms with Crippen molar-refractivity contribution in [3.05, 3.63) is 58.9 Å². The van der Waals surface area contributed by atoms with E-state index in [0.717, 1.165) is 12.1 Å². The van der Waals surface area contributed by atoms with Crippen molar-refractivity contribution in [2.24, 2.45) is 0 Å². The molecule has 0 radical (unpaired) electrons. The van der Waals surface area contributed by atoms with Crippen LogP contribution >= 0.6 is 11.6 Å². The number of carbonyl (C=O) groups excluding carboxylic acids is 2. The fourth-order valence-electron chi connectivity index (χ4n) is 1.93. The smallest absolute Gasteiger partial charge is 0.338 e. The fourth-order valence-corrected chi connectivity index (χ4v) is 2.15. The van der Waals surface area contributed by atoms with Gasteiger partial charge in [0.05, 0.1) is 22.4 Å². The Morgan fingerprint density at radius 1 is 1.16 bits per heavy atom. The van der Waals surface area contributed by atoms with E-state index < -0.39 is 24.3 Å². The molecule has 0 spiro atoms. The lowest BCUT2D eigenvalue weighted by atomic mass is 10.2. The molecule has 0 fully saturated rings. The predicted molar refractivity (Wildman–Crippen MR) is 92.5 cm³/mol. The van der Waals surface area contributed by atoms with Gasteiger partial charge in [-0.1, -0.05) is 11.6 Å². The number of esters is 1. The fraction of sp³-hybridized carbons (Fsp3) is 0.222. The molecule has 0 unspecified atom stereocenters. The van der Waals surface area contributed by atoms with Gasteiger partial charge in [0.1, 0.15) is 11.6 Å². The Labute approximate surface area is 149 Å². The second-order valence-corrected chi connectivity index (χ2v) is 5.85. The highest BCUT2D eigenvalue weighted by Crippen LogP contribution is 2.22. The first-order valence-electron chi connectivity index (χ1n) is 7.54. The van der Waals surface area contributed by atoms with Crippen LogP contribution in [0, 0.1) is 5.82 Å². The molecule has 2 aromatic carbocycles. The molecule has 0 aliphatic rings. The topological polar surface area (TPSA) is 64.6 Å². The molecule has 1 N–H and O–H groups in total. The van der Waals surface area contributed by atoms with Crippen molar-refractivity contribution < 1.29 is 23.5 Å². The molecule has 7 heteroatoms. The highest BCUT2D eigenvalue weighted by molar-refractivity contribution is 6.33. The largest absolute Gasteiger partial charge is 0.491 e. The second-order valence-electron chi connectivity index (χ2n) is 5.44. The van der Waals surface area contributed by atoms with Crippen molar-refractivity contribution in [3.63, 3.8) is 0 Å². The molecule has 0 saturated carbocycles. The molecule has 0 aliphatic carbocycles. The number of halogens is 2. The van der Waals surface area contributed by atoms with Crippen LogP contribution in [0.25, 0.3) is 0 Å². The van der Waals surface area contributed by atoms with Crippen molar-refractivity contribution in [2.75, 3.05) is 11.9 Å². The molecular weight excluding hydrogens is 349 g/mol. The summed E-state index contributed by atoms with van der Waals surface area (Å²) in [6.07, 6.45) is 0.0276. The lowest BCUT2D eigenvalue weighted by molar-refractivity contribution is -0.119. The first-order chi connectivity index (χ1) is 11.8. The van der Waals surface area contributed by atoms with Crippen LogP contribution in [0.3, 0.4) is 0 Å². The number of hydrogen-bond acceptors (Lipinski definition) is 4. The van der Waals surface area contributed by atoms with E-state index in [2.05, 4.69) is 5.32 Å². The number of carbonyl (C=O) groups is 2. The van der Waals surface area contributed by atoms with Gasteiger partial charge in [-0.05, 0) is 56.3 Å². The average Bonchev–Trinajstić information content (AvgIpc) is 2.55. The van der Waals surface area contributed by atoms with Gasteiger partial charge >= 0.3 is 5.97 Å². The van der Waals surface area contributed by atoms with E-state index in [1.165, 1.54) is 6.07 Å². The molecule has 2 rings (SSSR count). The summed E-state index contributed by atoms with van der Waals surface area (Å²) in [6.45, 7) is 3.30. The van der Waals surface area contributed by atoms with Crippen LogP contribution < -0.4 is 10.1 Å². The molecular formula is C18H17ClFNO4. The zero-order valence-electron chi connectivity index (χ0n) is 13.7. The number of hydrogen-bond donors (Lipinski definition) is 1. The maximum absolute atomic E-state index is 12.9. The molecule has 25 heavy (non-hydrogen) atoms. The summed E-state index contributed by atoms with van der Waals surface area (Å²) < 4.78 is 23.4. The Morgan fingerprint density at radius 3 is 2.44 bits per heavy atom. The van der Waals surface area contributed by atoms with Crippen LogP contribution in [-0.4, -0.2) is 24.6 Å². The Balaban J connectivity index is 1.87. The minimum Gasteiger partial charge on any atom is -0.491 e. The lowest BCUT2D eigenvalue weighted by Gasteiger charge is -2.10. The van der Waals surface area contributed by atoms with Crippen LogP contribution in [0.4, 0.5) is 10.1 Å². The van der Waals surface area contributed by atoms with Crippen LogP contribution in [0.1, 0.15) is 24.2 Å². The predicted octanol–water partition coefficient (Wildman–Crippen LogP) is 4.06. The minimum atomic E-state index is -0.642. The van der Waals surface area contributed by atoms with Gasteiger partial charge in [-0.2, -0.15) is 0 Å². The second kappa shape index (κ2) is 8.48. The summed E-state index contributed by atoms with van der Waals surface area (Å²) >= 11 is 5.81. The third-order valence-corrected chi connectivity index (χ3v) is 3.31. The highest BCUT2D eigenvalue weighted by atomic mass is 35.5. The van der Waals surface area contributed by atoms with Crippen molar-refractivity contribution in [3.8, 4) is 5.75 Å². The number of ether oxygens (including phenoxy) is 2. The lowest BCUT2D eigenvalue weighted by Crippen LogP contribution is -2.21. The summed E-state index contributed by atoms with van der Waals surface area (Å²) in [6, 6.07) is 9.95. The molecule has 5 nitrogen and oxygen atoms in total. The highest BCUT2D eigenvalue weighted by Gasteiger charge is 2.12. The number of benzene rings is 2. The summed E-state index contributed by atoms with van der Waals surface area (Å²) in [5.74, 6) is -1.10. The van der Waals surface area contributed by atoms with E-state index in [9.17, 15) is 14.0 Å². The Hall–Kier alpha value is -2.60. The number of amides is 1. The zero-order valence-corrected chi connectivity index (χ0v) is 14.5. The SMILES string of the molecule is CC(C)Oc1ccc(C(=O)OCC(=O)Nc2ccc(F)cc2Cl)cc1. The van der Waals surface area contributed by atoms with Crippen molar-refractivity contribution in [2.45, 2.75) is 20.0 Å². The van der Waals surface area contributed by atoms with Crippen LogP contribution in [-0.2, 0) is 9.53 Å². The average molecular weight is 366 g/mol. The monoisotopic (exact) mass is 365 g/mol. The third kappa shape index (κ3) is 5.76. The molecule has 0 saturated heterocycles. The van der Waals surface area contributed by atoms with E-state index in [-0.39, 0.29) is 16.8 Å². The van der Waals surface area contributed by atoms with E-state index in [1.807, 2.05) is 13.8 Å². The summed E-state index contributed by atoms with van der Waals surface area (Å²) in [5.41, 5.74) is 0.531. The molecule has 2 aromatic rings. The normalized spacial score (nSPS) is 10.4. The molecule has 0 atom stereocenters. The van der Waals surface area contributed by atoms with E-state index in [0.29, 0.717) is 11.3 Å². The molecule has 0 heterocycles. The maximum Gasteiger partial charge on any atom is 0.338 e. The third-order valence-electron chi connectivity index (χ3n) is 3.00. The van der Waals surface area contributed by atoms with Crippen molar-refractivity contribution in [1.29, 1.82) is 0 Å². The van der Waals surface area contributed by atoms with E-state index in [1.54, 1.807) is 24.3 Å². The van der Waals surface area contributed by atoms with Gasteiger partial charge in [-0.15, -0.1) is 0 Å². The quantitative estimate of drug-likeness (QED) is 0.784. The molecule has 1 amide bonds. The van der Waals surface area contributed by atoms with E-state index >= 15 is 0 Å². The Morgan fingerprint density at radius 2 is 1.84 bits per heavy atom. The van der Waals surface area contributed by atoms with Gasteiger partial charge < -0.3 is 14.8 Å². The molecule has 0 aliphatic heterocycles. The summed E-state index contributed by atoms with van der Waals surface area (Å²) in [4.78, 5) is 23.7. The van der Waals surface area contributed by atoms with Crippen molar-refractivity contribution in [1.82, 2.24) is 0 Å². The van der Waals surface area contributed by atoms with Crippen LogP contribution in [0.15, 0.2) is 42.5 Å². The first-order valence-corrected chi connectivity index (χ1v) is 7.91. The summed E-state index contributed by atoms with van der Waals surface area (Å²) in [5, 5.41) is 2.50. The standard InChI is InChI=1S/C18H17ClFNO4/c1-11(2)25-14-6-3-12(4-7-14)18(23)24-10-17(22)21-16-8-5-13(20)9-15(16)19/h3-9,11H,10H2,1-2H3,(H,21,22). The number of anilines is 1. The minimum absolute atomic E-state index is 0.0276. The molecule has 0 aromatic heterocycles. The van der Waals surface area contributed by atoms with Gasteiger partial charge in [0.2, 0.25) is 0 Å². The van der Waals surface area contributed by atoms with Gasteiger partial charge in [0, 0.05) is 0 Å². The number of rotatable bonds is 6. The Bertz CT molecular complexity index is 762. The number of nitrogens with one attached hydrogen (secondary N) is 1. The van der Waals surface area contributed by atoms with Crippen LogP contribution in [0.2, 0.25) is 5.02 Å². The van der Waals surface area contributed by atoms with Gasteiger partial charge in [0.25, 0.3) is 5.91 Å². The summed E-state index contributed by atoms with van der Waals surface area (Å²) in [7, 11) is 0. The zero-order chi connectivity index (χ0) is 18.4. The molecule has 132 valence electrons. The van der Waals surface area contributed by atoms with Gasteiger partial charge in [0.15, 0.2) is 6.61 Å². The maximum atomic E-state index is 12.9. The first kappa shape index (κ1) is 18.7.